The molecule has 3 saturated heterocycles. The first kappa shape index (κ1) is 11.4. The third-order valence-electron chi connectivity index (χ3n) is 4.30. The maximum atomic E-state index is 12.5. The second-order valence-electron chi connectivity index (χ2n) is 5.47. The van der Waals surface area contributed by atoms with Crippen LogP contribution < -0.4 is 10.6 Å². The van der Waals surface area contributed by atoms with E-state index in [1.54, 1.807) is 0 Å². The molecule has 3 heterocycles. The number of amides is 1. The summed E-state index contributed by atoms with van der Waals surface area (Å²) < 4.78 is 0. The van der Waals surface area contributed by atoms with Crippen LogP contribution in [0.3, 0.4) is 0 Å². The van der Waals surface area contributed by atoms with Crippen molar-refractivity contribution in [2.45, 2.75) is 49.9 Å². The van der Waals surface area contributed by atoms with E-state index >= 15 is 0 Å². The molecular weight excluding hydrogens is 218 g/mol. The van der Waals surface area contributed by atoms with E-state index in [9.17, 15) is 9.90 Å². The quantitative estimate of drug-likeness (QED) is 0.553. The number of nitrogens with one attached hydrogen (secondary N) is 2. The lowest BCUT2D eigenvalue weighted by atomic mass is 9.98. The summed E-state index contributed by atoms with van der Waals surface area (Å²) in [7, 11) is 0. The maximum Gasteiger partial charge on any atom is 0.241 e. The fourth-order valence-corrected chi connectivity index (χ4v) is 3.52. The van der Waals surface area contributed by atoms with E-state index in [0.717, 1.165) is 45.3 Å². The third-order valence-corrected chi connectivity index (χ3v) is 4.30. The van der Waals surface area contributed by atoms with E-state index < -0.39 is 0 Å². The number of fused-ring (bicyclic) bond motifs is 2. The molecular formula is C12H21N3O2. The zero-order valence-electron chi connectivity index (χ0n) is 10.1. The molecule has 2 bridgehead atoms. The van der Waals surface area contributed by atoms with Gasteiger partial charge in [0, 0.05) is 31.7 Å². The number of nitrogens with zero attached hydrogens (tertiary/aromatic N) is 1. The molecule has 0 radical (unpaired) electrons. The number of carbonyl (C=O) groups excluding carboxylic acids is 1. The van der Waals surface area contributed by atoms with Gasteiger partial charge in [-0.25, -0.2) is 0 Å². The number of piperazine rings is 1. The smallest absolute Gasteiger partial charge is 0.241 e. The van der Waals surface area contributed by atoms with Gasteiger partial charge in [0.15, 0.2) is 0 Å². The van der Waals surface area contributed by atoms with Crippen molar-refractivity contribution in [2.75, 3.05) is 19.6 Å². The normalized spacial score (nSPS) is 41.6. The SMILES string of the molecule is O=C(C1CNCCN1)N1C2CCC1CC(O)C2. The summed E-state index contributed by atoms with van der Waals surface area (Å²) in [5, 5.41) is 16.3. The van der Waals surface area contributed by atoms with Crippen LogP contribution in [0.2, 0.25) is 0 Å². The van der Waals surface area contributed by atoms with Crippen LogP contribution in [0.15, 0.2) is 0 Å². The van der Waals surface area contributed by atoms with Gasteiger partial charge in [-0.2, -0.15) is 0 Å². The zero-order valence-corrected chi connectivity index (χ0v) is 10.1. The first-order valence-corrected chi connectivity index (χ1v) is 6.70. The Morgan fingerprint density at radius 3 is 2.47 bits per heavy atom. The fourth-order valence-electron chi connectivity index (χ4n) is 3.52. The Labute approximate surface area is 102 Å². The van der Waals surface area contributed by atoms with Crippen LogP contribution in [-0.2, 0) is 4.79 Å². The van der Waals surface area contributed by atoms with Crippen molar-refractivity contribution in [3.8, 4) is 0 Å². The maximum absolute atomic E-state index is 12.5. The van der Waals surface area contributed by atoms with Crippen LogP contribution in [0.4, 0.5) is 0 Å². The van der Waals surface area contributed by atoms with Gasteiger partial charge in [-0.05, 0) is 25.7 Å². The molecule has 3 atom stereocenters. The van der Waals surface area contributed by atoms with Crippen molar-refractivity contribution in [2.24, 2.45) is 0 Å². The minimum absolute atomic E-state index is 0.0675. The number of hydrogen-bond acceptors (Lipinski definition) is 4. The van der Waals surface area contributed by atoms with Crippen LogP contribution in [0.5, 0.6) is 0 Å². The van der Waals surface area contributed by atoms with Gasteiger partial charge in [0.2, 0.25) is 5.91 Å². The number of carbonyl (C=O) groups is 1. The molecule has 3 rings (SSSR count). The van der Waals surface area contributed by atoms with E-state index in [2.05, 4.69) is 15.5 Å². The summed E-state index contributed by atoms with van der Waals surface area (Å²) in [6.45, 7) is 2.54. The van der Waals surface area contributed by atoms with Gasteiger partial charge in [0.1, 0.15) is 0 Å². The molecule has 1 amide bonds. The van der Waals surface area contributed by atoms with Crippen molar-refractivity contribution >= 4 is 5.91 Å². The Morgan fingerprint density at radius 1 is 1.18 bits per heavy atom. The monoisotopic (exact) mass is 239 g/mol. The topological polar surface area (TPSA) is 64.6 Å². The van der Waals surface area contributed by atoms with E-state index in [0.29, 0.717) is 0 Å². The van der Waals surface area contributed by atoms with Crippen LogP contribution in [0.25, 0.3) is 0 Å². The lowest BCUT2D eigenvalue weighted by Gasteiger charge is -2.40. The summed E-state index contributed by atoms with van der Waals surface area (Å²) >= 11 is 0. The molecule has 0 saturated carbocycles. The molecule has 3 aliphatic heterocycles. The molecule has 0 aromatic carbocycles. The lowest BCUT2D eigenvalue weighted by molar-refractivity contribution is -0.139. The summed E-state index contributed by atoms with van der Waals surface area (Å²) in [5.74, 6) is 0.233. The van der Waals surface area contributed by atoms with Crippen LogP contribution in [0.1, 0.15) is 25.7 Å². The average molecular weight is 239 g/mol. The number of rotatable bonds is 1. The van der Waals surface area contributed by atoms with Gasteiger partial charge in [-0.3, -0.25) is 4.79 Å². The van der Waals surface area contributed by atoms with Crippen LogP contribution >= 0.6 is 0 Å². The van der Waals surface area contributed by atoms with Crippen molar-refractivity contribution < 1.29 is 9.90 Å². The molecule has 0 aromatic rings. The number of piperidine rings is 1. The molecule has 5 heteroatoms. The molecule has 17 heavy (non-hydrogen) atoms. The highest BCUT2D eigenvalue weighted by molar-refractivity contribution is 5.83. The number of aliphatic hydroxyl groups is 1. The first-order valence-electron chi connectivity index (χ1n) is 6.70. The molecule has 3 fully saturated rings. The van der Waals surface area contributed by atoms with E-state index in [1.807, 2.05) is 0 Å². The van der Waals surface area contributed by atoms with Crippen LogP contribution in [0, 0.1) is 0 Å². The Hall–Kier alpha value is -0.650. The summed E-state index contributed by atoms with van der Waals surface area (Å²) in [6, 6.07) is 0.488. The van der Waals surface area contributed by atoms with Gasteiger partial charge in [0.25, 0.3) is 0 Å². The largest absolute Gasteiger partial charge is 0.393 e. The predicted molar refractivity (Wildman–Crippen MR) is 63.6 cm³/mol. The van der Waals surface area contributed by atoms with Gasteiger partial charge in [0.05, 0.1) is 12.1 Å². The van der Waals surface area contributed by atoms with Crippen LogP contribution in [-0.4, -0.2) is 59.8 Å². The second-order valence-corrected chi connectivity index (χ2v) is 5.47. The van der Waals surface area contributed by atoms with Crippen molar-refractivity contribution in [1.29, 1.82) is 0 Å². The standard InChI is InChI=1S/C12H21N3O2/c16-10-5-8-1-2-9(6-10)15(8)12(17)11-7-13-3-4-14-11/h8-11,13-14,16H,1-7H2. The zero-order chi connectivity index (χ0) is 11.8. The van der Waals surface area contributed by atoms with Gasteiger partial charge in [-0.15, -0.1) is 0 Å². The number of hydrogen-bond donors (Lipinski definition) is 3. The molecule has 3 unspecified atom stereocenters. The van der Waals surface area contributed by atoms with E-state index in [4.69, 9.17) is 0 Å². The minimum Gasteiger partial charge on any atom is -0.393 e. The number of aliphatic hydroxyl groups excluding tert-OH is 1. The van der Waals surface area contributed by atoms with Crippen molar-refractivity contribution in [1.82, 2.24) is 15.5 Å². The summed E-state index contributed by atoms with van der Waals surface area (Å²) in [4.78, 5) is 14.5. The fraction of sp³-hybridized carbons (Fsp3) is 0.917. The molecule has 3 N–H and O–H groups in total. The highest BCUT2D eigenvalue weighted by Crippen LogP contribution is 2.36. The second kappa shape index (κ2) is 4.55. The predicted octanol–water partition coefficient (Wildman–Crippen LogP) is -0.938. The third kappa shape index (κ3) is 2.07. The van der Waals surface area contributed by atoms with Gasteiger partial charge in [-0.1, -0.05) is 0 Å². The molecule has 0 spiro atoms. The molecule has 0 aromatic heterocycles. The van der Waals surface area contributed by atoms with E-state index in [1.165, 1.54) is 0 Å². The molecule has 3 aliphatic rings. The van der Waals surface area contributed by atoms with Crippen molar-refractivity contribution in [3.05, 3.63) is 0 Å². The van der Waals surface area contributed by atoms with Gasteiger partial charge < -0.3 is 20.6 Å². The van der Waals surface area contributed by atoms with Gasteiger partial charge >= 0.3 is 0 Å². The van der Waals surface area contributed by atoms with Crippen molar-refractivity contribution in [3.63, 3.8) is 0 Å². The molecule has 0 aliphatic carbocycles. The summed E-state index contributed by atoms with van der Waals surface area (Å²) in [6.07, 6.45) is 3.46. The average Bonchev–Trinajstić information content (AvgIpc) is 2.62. The first-order chi connectivity index (χ1) is 8.25. The Balaban J connectivity index is 1.69. The Kier molecular flexibility index (Phi) is 3.06. The molecule has 96 valence electrons. The summed E-state index contributed by atoms with van der Waals surface area (Å²) in [5.41, 5.74) is 0. The lowest BCUT2D eigenvalue weighted by Crippen LogP contribution is -2.60. The highest BCUT2D eigenvalue weighted by Gasteiger charge is 2.44. The van der Waals surface area contributed by atoms with E-state index in [-0.39, 0.29) is 30.1 Å². The molecule has 5 nitrogen and oxygen atoms in total. The highest BCUT2D eigenvalue weighted by atomic mass is 16.3. The minimum atomic E-state index is -0.200. The Bertz CT molecular complexity index is 290. The Morgan fingerprint density at radius 2 is 1.88 bits per heavy atom.